The van der Waals surface area contributed by atoms with Gasteiger partial charge in [0.25, 0.3) is 5.91 Å². The number of carbonyl (C=O) groups is 1. The lowest BCUT2D eigenvalue weighted by molar-refractivity contribution is -0.126. The van der Waals surface area contributed by atoms with E-state index >= 15 is 0 Å². The first-order valence-electron chi connectivity index (χ1n) is 6.51. The Kier molecular flexibility index (Phi) is 5.56. The van der Waals surface area contributed by atoms with Crippen molar-refractivity contribution in [3.8, 4) is 5.75 Å². The van der Waals surface area contributed by atoms with Crippen LogP contribution in [0.25, 0.3) is 0 Å². The summed E-state index contributed by atoms with van der Waals surface area (Å²) in [6.07, 6.45) is 0.498. The third-order valence-corrected chi connectivity index (χ3v) is 3.33. The number of carbonyl (C=O) groups excluding carboxylic acids is 1. The van der Waals surface area contributed by atoms with E-state index < -0.39 is 22.0 Å². The first kappa shape index (κ1) is 16.5. The summed E-state index contributed by atoms with van der Waals surface area (Å²) in [5, 5.41) is 0. The van der Waals surface area contributed by atoms with Crippen LogP contribution < -0.4 is 9.46 Å². The Labute approximate surface area is 120 Å². The number of hydrogen-bond acceptors (Lipinski definition) is 4. The van der Waals surface area contributed by atoms with Crippen molar-refractivity contribution in [2.45, 2.75) is 39.2 Å². The topological polar surface area (TPSA) is 72.5 Å². The van der Waals surface area contributed by atoms with Gasteiger partial charge in [0.05, 0.1) is 6.26 Å². The van der Waals surface area contributed by atoms with Crippen LogP contribution in [0.1, 0.15) is 38.7 Å². The van der Waals surface area contributed by atoms with Crippen molar-refractivity contribution in [1.29, 1.82) is 0 Å². The fourth-order valence-corrected chi connectivity index (χ4v) is 2.29. The summed E-state index contributed by atoms with van der Waals surface area (Å²) in [5.74, 6) is 0.216. The lowest BCUT2D eigenvalue weighted by atomic mass is 10.0. The van der Waals surface area contributed by atoms with E-state index in [0.717, 1.165) is 11.8 Å². The summed E-state index contributed by atoms with van der Waals surface area (Å²) >= 11 is 0. The van der Waals surface area contributed by atoms with Gasteiger partial charge in [0, 0.05) is 0 Å². The van der Waals surface area contributed by atoms with Gasteiger partial charge in [0.1, 0.15) is 5.75 Å². The Morgan fingerprint density at radius 1 is 1.30 bits per heavy atom. The summed E-state index contributed by atoms with van der Waals surface area (Å²) in [4.78, 5) is 11.9. The molecule has 0 heterocycles. The molecule has 0 fully saturated rings. The molecule has 0 aliphatic carbocycles. The molecular weight excluding hydrogens is 278 g/mol. The monoisotopic (exact) mass is 299 g/mol. The Morgan fingerprint density at radius 2 is 1.90 bits per heavy atom. The van der Waals surface area contributed by atoms with Crippen LogP contribution >= 0.6 is 0 Å². The molecule has 0 radical (unpaired) electrons. The number of benzene rings is 1. The normalized spacial score (nSPS) is 13.1. The van der Waals surface area contributed by atoms with E-state index in [1.807, 2.05) is 36.8 Å². The molecule has 1 rings (SSSR count). The van der Waals surface area contributed by atoms with Gasteiger partial charge in [-0.05, 0) is 24.0 Å². The maximum Gasteiger partial charge on any atom is 0.274 e. The molecule has 0 aliphatic heterocycles. The largest absolute Gasteiger partial charge is 0.480 e. The number of nitrogens with one attached hydrogen (secondary N) is 1. The third-order valence-electron chi connectivity index (χ3n) is 2.76. The van der Waals surface area contributed by atoms with E-state index in [9.17, 15) is 13.2 Å². The molecule has 20 heavy (non-hydrogen) atoms. The second-order valence-corrected chi connectivity index (χ2v) is 6.69. The van der Waals surface area contributed by atoms with Gasteiger partial charge in [-0.1, -0.05) is 39.0 Å². The van der Waals surface area contributed by atoms with Crippen LogP contribution in [0.4, 0.5) is 0 Å². The second-order valence-electron chi connectivity index (χ2n) is 4.95. The third kappa shape index (κ3) is 4.85. The Hall–Kier alpha value is -1.56. The predicted molar refractivity (Wildman–Crippen MR) is 78.2 cm³/mol. The fraction of sp³-hybridized carbons (Fsp3) is 0.500. The van der Waals surface area contributed by atoms with Crippen LogP contribution in [-0.4, -0.2) is 26.7 Å². The molecule has 0 bridgehead atoms. The zero-order chi connectivity index (χ0) is 15.3. The van der Waals surface area contributed by atoms with Gasteiger partial charge in [-0.3, -0.25) is 9.52 Å². The predicted octanol–water partition coefficient (Wildman–Crippen LogP) is 2.04. The van der Waals surface area contributed by atoms with Crippen molar-refractivity contribution in [2.75, 3.05) is 6.26 Å². The molecule has 1 aromatic carbocycles. The highest BCUT2D eigenvalue weighted by Gasteiger charge is 2.22. The molecule has 0 aliphatic rings. The highest BCUT2D eigenvalue weighted by molar-refractivity contribution is 7.89. The zero-order valence-electron chi connectivity index (χ0n) is 12.2. The van der Waals surface area contributed by atoms with Crippen LogP contribution in [0, 0.1) is 0 Å². The Bertz CT molecular complexity index is 566. The van der Waals surface area contributed by atoms with Gasteiger partial charge in [-0.2, -0.15) is 0 Å². The SMILES string of the molecule is CC[C@H](Oc1ccccc1C(C)C)C(=O)NS(C)(=O)=O. The molecule has 112 valence electrons. The standard InChI is InChI=1S/C14H21NO4S/c1-5-12(14(16)15-20(4,17)18)19-13-9-7-6-8-11(13)10(2)3/h6-10,12H,5H2,1-4H3,(H,15,16)/t12-/m0/s1. The summed E-state index contributed by atoms with van der Waals surface area (Å²) in [5.41, 5.74) is 0.984. The number of amides is 1. The smallest absolute Gasteiger partial charge is 0.274 e. The molecule has 6 heteroatoms. The summed E-state index contributed by atoms with van der Waals surface area (Å²) in [7, 11) is -3.58. The summed E-state index contributed by atoms with van der Waals surface area (Å²) in [6, 6.07) is 7.44. The van der Waals surface area contributed by atoms with Gasteiger partial charge in [-0.25, -0.2) is 8.42 Å². The molecule has 0 unspecified atom stereocenters. The van der Waals surface area contributed by atoms with Gasteiger partial charge >= 0.3 is 0 Å². The van der Waals surface area contributed by atoms with Gasteiger partial charge < -0.3 is 4.74 Å². The maximum atomic E-state index is 11.9. The van der Waals surface area contributed by atoms with Crippen molar-refractivity contribution in [1.82, 2.24) is 4.72 Å². The Balaban J connectivity index is 2.92. The molecule has 5 nitrogen and oxygen atoms in total. The van der Waals surface area contributed by atoms with E-state index in [4.69, 9.17) is 4.74 Å². The lowest BCUT2D eigenvalue weighted by Gasteiger charge is -2.20. The van der Waals surface area contributed by atoms with E-state index in [1.54, 1.807) is 13.0 Å². The summed E-state index contributed by atoms with van der Waals surface area (Å²) < 4.78 is 29.8. The molecule has 0 spiro atoms. The zero-order valence-corrected chi connectivity index (χ0v) is 13.0. The van der Waals surface area contributed by atoms with Gasteiger partial charge in [0.15, 0.2) is 6.10 Å². The first-order valence-corrected chi connectivity index (χ1v) is 8.41. The van der Waals surface area contributed by atoms with Crippen molar-refractivity contribution >= 4 is 15.9 Å². The van der Waals surface area contributed by atoms with Gasteiger partial charge in [0.2, 0.25) is 10.0 Å². The van der Waals surface area contributed by atoms with E-state index in [-0.39, 0.29) is 5.92 Å². The van der Waals surface area contributed by atoms with Crippen LogP contribution in [0.2, 0.25) is 0 Å². The van der Waals surface area contributed by atoms with Crippen molar-refractivity contribution in [3.05, 3.63) is 29.8 Å². The minimum Gasteiger partial charge on any atom is -0.480 e. The number of sulfonamides is 1. The molecule has 0 aromatic heterocycles. The molecule has 1 atom stereocenters. The average Bonchev–Trinajstić information content (AvgIpc) is 2.33. The molecule has 0 saturated heterocycles. The fourth-order valence-electron chi connectivity index (χ4n) is 1.79. The summed E-state index contributed by atoms with van der Waals surface area (Å²) in [6.45, 7) is 5.82. The quantitative estimate of drug-likeness (QED) is 0.872. The van der Waals surface area contributed by atoms with E-state index in [0.29, 0.717) is 12.2 Å². The first-order chi connectivity index (χ1) is 9.24. The minimum atomic E-state index is -3.58. The minimum absolute atomic E-state index is 0.252. The average molecular weight is 299 g/mol. The molecule has 1 amide bonds. The van der Waals surface area contributed by atoms with E-state index in [2.05, 4.69) is 0 Å². The van der Waals surface area contributed by atoms with Crippen LogP contribution in [-0.2, 0) is 14.8 Å². The molecule has 1 aromatic rings. The van der Waals surface area contributed by atoms with E-state index in [1.165, 1.54) is 0 Å². The van der Waals surface area contributed by atoms with Crippen LogP contribution in [0.15, 0.2) is 24.3 Å². The van der Waals surface area contributed by atoms with Gasteiger partial charge in [-0.15, -0.1) is 0 Å². The van der Waals surface area contributed by atoms with Crippen molar-refractivity contribution in [3.63, 3.8) is 0 Å². The maximum absolute atomic E-state index is 11.9. The number of ether oxygens (including phenoxy) is 1. The molecule has 0 saturated carbocycles. The number of rotatable bonds is 6. The van der Waals surface area contributed by atoms with Crippen molar-refractivity contribution in [2.24, 2.45) is 0 Å². The highest BCUT2D eigenvalue weighted by Crippen LogP contribution is 2.27. The second kappa shape index (κ2) is 6.74. The Morgan fingerprint density at radius 3 is 2.40 bits per heavy atom. The highest BCUT2D eigenvalue weighted by atomic mass is 32.2. The van der Waals surface area contributed by atoms with Crippen molar-refractivity contribution < 1.29 is 17.9 Å². The van der Waals surface area contributed by atoms with Crippen LogP contribution in [0.5, 0.6) is 5.75 Å². The molecule has 1 N–H and O–H groups in total. The van der Waals surface area contributed by atoms with Crippen LogP contribution in [0.3, 0.4) is 0 Å². The lowest BCUT2D eigenvalue weighted by Crippen LogP contribution is -2.40. The number of hydrogen-bond donors (Lipinski definition) is 1. The number of para-hydroxylation sites is 1. The molecular formula is C14H21NO4S.